The molecular weight excluding hydrogens is 340 g/mol. The largest absolute Gasteiger partial charge is 0.489 e. The average molecular weight is 362 g/mol. The summed E-state index contributed by atoms with van der Waals surface area (Å²) in [5.74, 6) is 0.987. The molecule has 0 bridgehead atoms. The third-order valence-corrected chi connectivity index (χ3v) is 5.25. The van der Waals surface area contributed by atoms with E-state index in [1.54, 1.807) is 0 Å². The molecule has 0 aliphatic carbocycles. The number of halogens is 1. The molecule has 26 heavy (non-hydrogen) atoms. The van der Waals surface area contributed by atoms with Crippen molar-refractivity contribution in [2.75, 3.05) is 0 Å². The first kappa shape index (κ1) is 17.2. The summed E-state index contributed by atoms with van der Waals surface area (Å²) in [5.41, 5.74) is 7.34. The number of benzene rings is 3. The lowest BCUT2D eigenvalue weighted by Crippen LogP contribution is -2.14. The molecule has 1 aliphatic rings. The average Bonchev–Trinajstić information content (AvgIpc) is 3.03. The highest BCUT2D eigenvalue weighted by molar-refractivity contribution is 6.31. The van der Waals surface area contributed by atoms with Crippen LogP contribution in [0.3, 0.4) is 0 Å². The number of ether oxygens (including phenoxy) is 1. The van der Waals surface area contributed by atoms with Gasteiger partial charge in [-0.25, -0.2) is 0 Å². The summed E-state index contributed by atoms with van der Waals surface area (Å²) in [6, 6.07) is 21.0. The van der Waals surface area contributed by atoms with E-state index in [0.29, 0.717) is 0 Å². The fourth-order valence-corrected chi connectivity index (χ4v) is 4.03. The molecular formula is C24H22ClO. The van der Waals surface area contributed by atoms with Crippen LogP contribution in [0.1, 0.15) is 22.3 Å². The Labute approximate surface area is 160 Å². The molecule has 0 aromatic heterocycles. The molecule has 2 heteroatoms. The van der Waals surface area contributed by atoms with Crippen molar-refractivity contribution in [3.05, 3.63) is 94.4 Å². The van der Waals surface area contributed by atoms with E-state index in [0.717, 1.165) is 29.2 Å². The van der Waals surface area contributed by atoms with Crippen LogP contribution in [0.2, 0.25) is 5.02 Å². The Morgan fingerprint density at radius 2 is 1.73 bits per heavy atom. The molecule has 0 saturated carbocycles. The predicted octanol–water partition coefficient (Wildman–Crippen LogP) is 6.37. The highest BCUT2D eigenvalue weighted by atomic mass is 35.5. The topological polar surface area (TPSA) is 9.23 Å². The van der Waals surface area contributed by atoms with Gasteiger partial charge in [-0.15, -0.1) is 0 Å². The van der Waals surface area contributed by atoms with Crippen LogP contribution in [0.5, 0.6) is 5.75 Å². The van der Waals surface area contributed by atoms with Crippen LogP contribution >= 0.6 is 11.6 Å². The van der Waals surface area contributed by atoms with Crippen molar-refractivity contribution in [3.63, 3.8) is 0 Å². The van der Waals surface area contributed by atoms with Crippen molar-refractivity contribution in [3.8, 4) is 16.9 Å². The maximum atomic E-state index is 6.44. The van der Waals surface area contributed by atoms with Gasteiger partial charge in [-0.2, -0.15) is 0 Å². The van der Waals surface area contributed by atoms with Gasteiger partial charge in [0.1, 0.15) is 11.9 Å². The SMILES string of the molecule is Cc1cccc(C)c1-c1cc(Cl)cc2c1OC([CH]Cc1ccccc1)C2. The standard InChI is InChI=1S/C24H22ClO/c1-16-7-6-8-17(2)23(16)22-15-20(25)13-19-14-21(26-24(19)22)12-11-18-9-4-3-5-10-18/h3-10,12-13,15,21H,11,14H2,1-2H3. The van der Waals surface area contributed by atoms with E-state index in [4.69, 9.17) is 16.3 Å². The summed E-state index contributed by atoms with van der Waals surface area (Å²) in [7, 11) is 0. The van der Waals surface area contributed by atoms with Crippen LogP contribution < -0.4 is 4.74 Å². The molecule has 1 heterocycles. The fourth-order valence-electron chi connectivity index (χ4n) is 3.79. The first-order valence-corrected chi connectivity index (χ1v) is 9.42. The van der Waals surface area contributed by atoms with Gasteiger partial charge in [0, 0.05) is 23.4 Å². The molecule has 0 saturated heterocycles. The van der Waals surface area contributed by atoms with Gasteiger partial charge in [-0.3, -0.25) is 0 Å². The fraction of sp³-hybridized carbons (Fsp3) is 0.208. The molecule has 1 unspecified atom stereocenters. The van der Waals surface area contributed by atoms with Crippen LogP contribution in [-0.4, -0.2) is 6.10 Å². The van der Waals surface area contributed by atoms with E-state index >= 15 is 0 Å². The summed E-state index contributed by atoms with van der Waals surface area (Å²) in [6.07, 6.45) is 4.14. The Balaban J connectivity index is 1.62. The van der Waals surface area contributed by atoms with Gasteiger partial charge in [0.25, 0.3) is 0 Å². The van der Waals surface area contributed by atoms with Crippen molar-refractivity contribution >= 4 is 11.6 Å². The minimum absolute atomic E-state index is 0.0896. The Morgan fingerprint density at radius 1 is 1.00 bits per heavy atom. The Bertz CT molecular complexity index is 910. The van der Waals surface area contributed by atoms with E-state index in [9.17, 15) is 0 Å². The minimum atomic E-state index is 0.0896. The molecule has 1 nitrogen and oxygen atoms in total. The lowest BCUT2D eigenvalue weighted by molar-refractivity contribution is 0.264. The van der Waals surface area contributed by atoms with Gasteiger partial charge in [-0.05, 0) is 60.2 Å². The van der Waals surface area contributed by atoms with Crippen LogP contribution in [0, 0.1) is 20.3 Å². The molecule has 1 radical (unpaired) electrons. The van der Waals surface area contributed by atoms with Gasteiger partial charge in [0.05, 0.1) is 0 Å². The summed E-state index contributed by atoms with van der Waals surface area (Å²) in [5, 5.41) is 0.772. The van der Waals surface area contributed by atoms with E-state index in [1.807, 2.05) is 18.2 Å². The molecule has 3 aromatic carbocycles. The zero-order valence-corrected chi connectivity index (χ0v) is 15.9. The Morgan fingerprint density at radius 3 is 2.46 bits per heavy atom. The maximum absolute atomic E-state index is 6.44. The summed E-state index contributed by atoms with van der Waals surface area (Å²) >= 11 is 6.44. The highest BCUT2D eigenvalue weighted by Crippen LogP contribution is 2.43. The Kier molecular flexibility index (Phi) is 4.74. The molecule has 3 aromatic rings. The van der Waals surface area contributed by atoms with E-state index in [1.165, 1.54) is 27.8 Å². The number of hydrogen-bond acceptors (Lipinski definition) is 1. The van der Waals surface area contributed by atoms with Crippen LogP contribution in [-0.2, 0) is 12.8 Å². The van der Waals surface area contributed by atoms with Crippen molar-refractivity contribution in [1.82, 2.24) is 0 Å². The second-order valence-corrected chi connectivity index (χ2v) is 7.43. The van der Waals surface area contributed by atoms with Gasteiger partial charge in [0.2, 0.25) is 0 Å². The molecule has 4 rings (SSSR count). The zero-order valence-electron chi connectivity index (χ0n) is 15.1. The molecule has 0 spiro atoms. The van der Waals surface area contributed by atoms with Crippen LogP contribution in [0.4, 0.5) is 0 Å². The predicted molar refractivity (Wildman–Crippen MR) is 109 cm³/mol. The van der Waals surface area contributed by atoms with Crippen LogP contribution in [0.15, 0.2) is 60.7 Å². The molecule has 1 aliphatic heterocycles. The van der Waals surface area contributed by atoms with E-state index in [2.05, 4.69) is 62.7 Å². The van der Waals surface area contributed by atoms with E-state index < -0.39 is 0 Å². The third-order valence-electron chi connectivity index (χ3n) is 5.03. The first-order valence-electron chi connectivity index (χ1n) is 9.05. The van der Waals surface area contributed by atoms with Gasteiger partial charge in [-0.1, -0.05) is 60.1 Å². The summed E-state index contributed by atoms with van der Waals surface area (Å²) < 4.78 is 6.37. The number of rotatable bonds is 4. The Hall–Kier alpha value is -2.25. The van der Waals surface area contributed by atoms with Gasteiger partial charge < -0.3 is 4.74 Å². The molecule has 0 amide bonds. The summed E-state index contributed by atoms with van der Waals surface area (Å²) in [4.78, 5) is 0. The molecule has 0 fully saturated rings. The smallest absolute Gasteiger partial charge is 0.131 e. The zero-order chi connectivity index (χ0) is 18.1. The second kappa shape index (κ2) is 7.17. The van der Waals surface area contributed by atoms with Crippen molar-refractivity contribution in [2.24, 2.45) is 0 Å². The van der Waals surface area contributed by atoms with E-state index in [-0.39, 0.29) is 6.10 Å². The molecule has 0 N–H and O–H groups in total. The maximum Gasteiger partial charge on any atom is 0.131 e. The second-order valence-electron chi connectivity index (χ2n) is 6.99. The van der Waals surface area contributed by atoms with Gasteiger partial charge in [0.15, 0.2) is 0 Å². The van der Waals surface area contributed by atoms with Crippen molar-refractivity contribution in [1.29, 1.82) is 0 Å². The van der Waals surface area contributed by atoms with Crippen molar-refractivity contribution < 1.29 is 4.74 Å². The third kappa shape index (κ3) is 3.37. The number of fused-ring (bicyclic) bond motifs is 1. The lowest BCUT2D eigenvalue weighted by atomic mass is 9.93. The monoisotopic (exact) mass is 361 g/mol. The van der Waals surface area contributed by atoms with Gasteiger partial charge >= 0.3 is 0 Å². The highest BCUT2D eigenvalue weighted by Gasteiger charge is 2.27. The number of aryl methyl sites for hydroxylation is 2. The summed E-state index contributed by atoms with van der Waals surface area (Å²) in [6.45, 7) is 4.28. The molecule has 131 valence electrons. The van der Waals surface area contributed by atoms with Crippen molar-refractivity contribution in [2.45, 2.75) is 32.8 Å². The minimum Gasteiger partial charge on any atom is -0.489 e. The lowest BCUT2D eigenvalue weighted by Gasteiger charge is -2.16. The van der Waals surface area contributed by atoms with Crippen LogP contribution in [0.25, 0.3) is 11.1 Å². The molecule has 1 atom stereocenters. The number of hydrogen-bond donors (Lipinski definition) is 0. The quantitative estimate of drug-likeness (QED) is 0.524. The first-order chi connectivity index (χ1) is 12.6. The normalized spacial score (nSPS) is 15.6.